The summed E-state index contributed by atoms with van der Waals surface area (Å²) in [6.07, 6.45) is 0. The highest BCUT2D eigenvalue weighted by atomic mass is 16.5. The maximum Gasteiger partial charge on any atom is 0.120 e. The lowest BCUT2D eigenvalue weighted by Gasteiger charge is -2.12. The van der Waals surface area contributed by atoms with Crippen LogP contribution in [0.1, 0.15) is 30.9 Å². The summed E-state index contributed by atoms with van der Waals surface area (Å²) >= 11 is 0. The normalized spacial score (nSPS) is 10.6. The highest BCUT2D eigenvalue weighted by Gasteiger charge is 2.04. The molecule has 1 rings (SSSR count). The van der Waals surface area contributed by atoms with Gasteiger partial charge in [0.15, 0.2) is 0 Å². The van der Waals surface area contributed by atoms with Gasteiger partial charge < -0.3 is 10.5 Å². The van der Waals surface area contributed by atoms with Crippen LogP contribution >= 0.6 is 0 Å². The topological polar surface area (TPSA) is 35.2 Å². The first-order valence-corrected chi connectivity index (χ1v) is 5.64. The SMILES string of the molecule is C=C(CN)COc1ccc(C(C)C)c(C)c1. The van der Waals surface area contributed by atoms with Crippen molar-refractivity contribution in [2.45, 2.75) is 26.7 Å². The maximum atomic E-state index is 5.59. The number of rotatable bonds is 5. The molecule has 2 nitrogen and oxygen atoms in total. The van der Waals surface area contributed by atoms with E-state index in [0.717, 1.165) is 11.3 Å². The molecule has 0 radical (unpaired) electrons. The molecule has 2 heteroatoms. The third kappa shape index (κ3) is 3.38. The molecule has 2 N–H and O–H groups in total. The summed E-state index contributed by atoms with van der Waals surface area (Å²) < 4.78 is 5.59. The molecule has 0 atom stereocenters. The minimum absolute atomic E-state index is 0.475. The molecule has 0 aromatic heterocycles. The molecule has 0 heterocycles. The van der Waals surface area contributed by atoms with Crippen molar-refractivity contribution in [2.24, 2.45) is 5.73 Å². The third-order valence-electron chi connectivity index (χ3n) is 2.59. The zero-order valence-corrected chi connectivity index (χ0v) is 10.4. The first kappa shape index (κ1) is 12.8. The van der Waals surface area contributed by atoms with Crippen LogP contribution in [0.4, 0.5) is 0 Å². The fourth-order valence-corrected chi connectivity index (χ4v) is 1.63. The molecular formula is C14H21NO. The Morgan fingerprint density at radius 1 is 1.44 bits per heavy atom. The zero-order chi connectivity index (χ0) is 12.1. The van der Waals surface area contributed by atoms with Gasteiger partial charge in [0.2, 0.25) is 0 Å². The Morgan fingerprint density at radius 3 is 2.62 bits per heavy atom. The van der Waals surface area contributed by atoms with E-state index in [0.29, 0.717) is 19.1 Å². The summed E-state index contributed by atoms with van der Waals surface area (Å²) in [5.41, 5.74) is 8.99. The van der Waals surface area contributed by atoms with Crippen molar-refractivity contribution >= 4 is 0 Å². The van der Waals surface area contributed by atoms with Crippen LogP contribution in [0.5, 0.6) is 5.75 Å². The Labute approximate surface area is 98.1 Å². The Morgan fingerprint density at radius 2 is 2.12 bits per heavy atom. The molecule has 0 saturated carbocycles. The highest BCUT2D eigenvalue weighted by Crippen LogP contribution is 2.23. The van der Waals surface area contributed by atoms with E-state index in [4.69, 9.17) is 10.5 Å². The van der Waals surface area contributed by atoms with Crippen LogP contribution in [-0.4, -0.2) is 13.2 Å². The average Bonchev–Trinajstić information content (AvgIpc) is 2.25. The zero-order valence-electron chi connectivity index (χ0n) is 10.4. The van der Waals surface area contributed by atoms with Gasteiger partial charge in [-0.15, -0.1) is 0 Å². The second kappa shape index (κ2) is 5.71. The van der Waals surface area contributed by atoms with E-state index in [1.165, 1.54) is 11.1 Å². The number of nitrogens with two attached hydrogens (primary N) is 1. The van der Waals surface area contributed by atoms with Gasteiger partial charge in [-0.05, 0) is 41.7 Å². The standard InChI is InChI=1S/C14H21NO/c1-10(2)14-6-5-13(7-12(14)4)16-9-11(3)8-15/h5-7,10H,3,8-9,15H2,1-2,4H3. The number of hydrogen-bond donors (Lipinski definition) is 1. The minimum atomic E-state index is 0.475. The van der Waals surface area contributed by atoms with Gasteiger partial charge in [0.1, 0.15) is 12.4 Å². The molecular weight excluding hydrogens is 198 g/mol. The second-order valence-corrected chi connectivity index (χ2v) is 4.42. The van der Waals surface area contributed by atoms with Gasteiger partial charge >= 0.3 is 0 Å². The molecule has 0 aliphatic rings. The highest BCUT2D eigenvalue weighted by molar-refractivity contribution is 5.36. The van der Waals surface area contributed by atoms with Crippen molar-refractivity contribution in [3.8, 4) is 5.75 Å². The molecule has 0 fully saturated rings. The van der Waals surface area contributed by atoms with Gasteiger partial charge in [0, 0.05) is 6.54 Å². The van der Waals surface area contributed by atoms with Crippen molar-refractivity contribution in [3.63, 3.8) is 0 Å². The Balaban J connectivity index is 2.70. The molecule has 0 aliphatic heterocycles. The van der Waals surface area contributed by atoms with Gasteiger partial charge in [0.05, 0.1) is 0 Å². The minimum Gasteiger partial charge on any atom is -0.489 e. The molecule has 88 valence electrons. The smallest absolute Gasteiger partial charge is 0.120 e. The molecule has 0 unspecified atom stereocenters. The number of ether oxygens (including phenoxy) is 1. The summed E-state index contributed by atoms with van der Waals surface area (Å²) in [4.78, 5) is 0. The fourth-order valence-electron chi connectivity index (χ4n) is 1.63. The van der Waals surface area contributed by atoms with Gasteiger partial charge in [-0.1, -0.05) is 26.5 Å². The van der Waals surface area contributed by atoms with Crippen molar-refractivity contribution < 1.29 is 4.74 Å². The van der Waals surface area contributed by atoms with Gasteiger partial charge in [-0.2, -0.15) is 0 Å². The Bertz CT molecular complexity index is 369. The lowest BCUT2D eigenvalue weighted by molar-refractivity contribution is 0.350. The number of benzene rings is 1. The molecule has 0 saturated heterocycles. The quantitative estimate of drug-likeness (QED) is 0.773. The summed E-state index contributed by atoms with van der Waals surface area (Å²) in [5.74, 6) is 1.43. The van der Waals surface area contributed by atoms with Gasteiger partial charge in [-0.3, -0.25) is 0 Å². The second-order valence-electron chi connectivity index (χ2n) is 4.42. The van der Waals surface area contributed by atoms with E-state index in [1.807, 2.05) is 6.07 Å². The van der Waals surface area contributed by atoms with Crippen LogP contribution in [0.2, 0.25) is 0 Å². The fraction of sp³-hybridized carbons (Fsp3) is 0.429. The summed E-state index contributed by atoms with van der Waals surface area (Å²) in [5, 5.41) is 0. The largest absolute Gasteiger partial charge is 0.489 e. The third-order valence-corrected chi connectivity index (χ3v) is 2.59. The summed E-state index contributed by atoms with van der Waals surface area (Å²) in [6, 6.07) is 6.20. The summed E-state index contributed by atoms with van der Waals surface area (Å²) in [7, 11) is 0. The molecule has 0 spiro atoms. The first-order valence-electron chi connectivity index (χ1n) is 5.64. The monoisotopic (exact) mass is 219 g/mol. The van der Waals surface area contributed by atoms with Gasteiger partial charge in [-0.25, -0.2) is 0 Å². The van der Waals surface area contributed by atoms with E-state index >= 15 is 0 Å². The van der Waals surface area contributed by atoms with Crippen molar-refractivity contribution in [1.82, 2.24) is 0 Å². The van der Waals surface area contributed by atoms with Crippen LogP contribution in [0.25, 0.3) is 0 Å². The molecule has 1 aromatic carbocycles. The lowest BCUT2D eigenvalue weighted by Crippen LogP contribution is -2.10. The molecule has 0 amide bonds. The first-order chi connectivity index (χ1) is 7.54. The van der Waals surface area contributed by atoms with Crippen LogP contribution in [0.15, 0.2) is 30.4 Å². The average molecular weight is 219 g/mol. The molecule has 16 heavy (non-hydrogen) atoms. The van der Waals surface area contributed by atoms with Crippen molar-refractivity contribution in [2.75, 3.05) is 13.2 Å². The van der Waals surface area contributed by atoms with Gasteiger partial charge in [0.25, 0.3) is 0 Å². The van der Waals surface area contributed by atoms with E-state index in [1.54, 1.807) is 0 Å². The lowest BCUT2D eigenvalue weighted by atomic mass is 9.98. The van der Waals surface area contributed by atoms with Crippen LogP contribution < -0.4 is 10.5 Å². The maximum absolute atomic E-state index is 5.59. The van der Waals surface area contributed by atoms with Crippen molar-refractivity contribution in [3.05, 3.63) is 41.5 Å². The number of hydrogen-bond acceptors (Lipinski definition) is 2. The number of aryl methyl sites for hydroxylation is 1. The molecule has 0 aliphatic carbocycles. The summed E-state index contributed by atoms with van der Waals surface area (Å²) in [6.45, 7) is 11.3. The molecule has 0 bridgehead atoms. The van der Waals surface area contributed by atoms with Crippen LogP contribution in [0, 0.1) is 6.92 Å². The predicted octanol–water partition coefficient (Wildman–Crippen LogP) is 3.01. The molecule has 1 aromatic rings. The van der Waals surface area contributed by atoms with Crippen molar-refractivity contribution in [1.29, 1.82) is 0 Å². The Kier molecular flexibility index (Phi) is 4.56. The van der Waals surface area contributed by atoms with E-state index < -0.39 is 0 Å². The van der Waals surface area contributed by atoms with Crippen LogP contribution in [0.3, 0.4) is 0 Å². The predicted molar refractivity (Wildman–Crippen MR) is 69.0 cm³/mol. The van der Waals surface area contributed by atoms with E-state index in [2.05, 4.69) is 39.5 Å². The Hall–Kier alpha value is -1.28. The van der Waals surface area contributed by atoms with Crippen LogP contribution in [-0.2, 0) is 0 Å². The van der Waals surface area contributed by atoms with E-state index in [9.17, 15) is 0 Å². The van der Waals surface area contributed by atoms with E-state index in [-0.39, 0.29) is 0 Å².